The van der Waals surface area contributed by atoms with Crippen molar-refractivity contribution >= 4 is 28.9 Å². The van der Waals surface area contributed by atoms with Crippen LogP contribution in [0.25, 0.3) is 16.9 Å². The number of rotatable bonds is 7. The molecular weight excluding hydrogens is 536 g/mol. The summed E-state index contributed by atoms with van der Waals surface area (Å²) in [5, 5.41) is 39.3. The quantitative estimate of drug-likeness (QED) is 0.154. The highest BCUT2D eigenvalue weighted by Crippen LogP contribution is 2.34. The van der Waals surface area contributed by atoms with E-state index in [-0.39, 0.29) is 18.3 Å². The highest BCUT2D eigenvalue weighted by Gasteiger charge is 2.46. The monoisotopic (exact) mass is 566 g/mol. The second-order valence-electron chi connectivity index (χ2n) is 10.3. The van der Waals surface area contributed by atoms with Gasteiger partial charge in [0.2, 0.25) is 0 Å². The number of imidazole rings is 1. The third kappa shape index (κ3) is 5.99. The molecule has 0 saturated carbocycles. The summed E-state index contributed by atoms with van der Waals surface area (Å²) >= 11 is 0. The predicted octanol–water partition coefficient (Wildman–Crippen LogP) is 0.675. The van der Waals surface area contributed by atoms with Crippen molar-refractivity contribution in [1.29, 1.82) is 5.41 Å². The predicted molar refractivity (Wildman–Crippen MR) is 143 cm³/mol. The molecule has 1 fully saturated rings. The molecule has 1 amide bonds. The number of alkyl carbamates (subject to hydrolysis) is 1. The molecule has 1 saturated heterocycles. The molecule has 16 heteroatoms. The molecule has 2 unspecified atom stereocenters. The van der Waals surface area contributed by atoms with Gasteiger partial charge in [-0.25, -0.2) is 24.4 Å². The molecule has 216 valence electrons. The molecule has 3 aromatic heterocycles. The fraction of sp³-hybridized carbons (Fsp3) is 0.400. The lowest BCUT2D eigenvalue weighted by Gasteiger charge is -2.21. The van der Waals surface area contributed by atoms with Crippen molar-refractivity contribution in [2.45, 2.75) is 57.5 Å². The molecule has 0 bridgehead atoms. The van der Waals surface area contributed by atoms with E-state index in [1.165, 1.54) is 17.3 Å². The molecule has 4 atom stereocenters. The number of anilines is 1. The molecule has 1 aliphatic heterocycles. The summed E-state index contributed by atoms with van der Waals surface area (Å²) in [4.78, 5) is 24.3. The SMILES string of the molecule is CC(C)(C)OC(=O)NC(=N)c1ccc(-n2cc(COC3C(O)[C@@H](CO)O[C@H]3n3cnc4c(N)ncnc43)nn2)cc1. The number of fused-ring (bicyclic) bond motifs is 1. The minimum Gasteiger partial charge on any atom is -0.444 e. The number of nitrogen functional groups attached to an aromatic ring is 1. The normalized spacial score (nSPS) is 20.8. The fourth-order valence-corrected chi connectivity index (χ4v) is 4.26. The summed E-state index contributed by atoms with van der Waals surface area (Å²) in [5.41, 5.74) is 7.58. The maximum atomic E-state index is 11.9. The Morgan fingerprint density at radius 3 is 2.68 bits per heavy atom. The third-order valence-electron chi connectivity index (χ3n) is 6.16. The van der Waals surface area contributed by atoms with Crippen molar-refractivity contribution in [1.82, 2.24) is 39.8 Å². The standard InChI is InChI=1S/C25H30N10O6/c1-25(2,3)41-24(38)31-20(26)13-4-6-15(7-5-13)35-8-14(32-33-35)10-39-19-18(37)16(9-36)40-23(19)34-12-30-17-21(27)28-11-29-22(17)34/h4-8,11-12,16,18-19,23,36-37H,9-10H2,1-3H3,(H2,26,31,38)(H2,27,28,29)/t16-,18?,19?,23-/m1/s1. The number of hydrogen-bond acceptors (Lipinski definition) is 13. The molecule has 41 heavy (non-hydrogen) atoms. The Hall–Kier alpha value is -4.51. The first kappa shape index (κ1) is 28.0. The summed E-state index contributed by atoms with van der Waals surface area (Å²) in [7, 11) is 0. The largest absolute Gasteiger partial charge is 0.444 e. The average Bonchev–Trinajstić information content (AvgIpc) is 3.64. The lowest BCUT2D eigenvalue weighted by atomic mass is 10.1. The van der Waals surface area contributed by atoms with Crippen LogP contribution in [-0.2, 0) is 20.8 Å². The van der Waals surface area contributed by atoms with E-state index in [0.29, 0.717) is 28.1 Å². The number of amidine groups is 1. The first-order valence-electron chi connectivity index (χ1n) is 12.6. The lowest BCUT2D eigenvalue weighted by molar-refractivity contribution is -0.0767. The van der Waals surface area contributed by atoms with Gasteiger partial charge in [0.1, 0.15) is 47.3 Å². The smallest absolute Gasteiger partial charge is 0.413 e. The summed E-state index contributed by atoms with van der Waals surface area (Å²) in [5.74, 6) is 0.0932. The molecule has 1 aliphatic rings. The minimum atomic E-state index is -1.14. The van der Waals surface area contributed by atoms with Crippen LogP contribution in [0.1, 0.15) is 38.3 Å². The molecule has 0 aliphatic carbocycles. The second kappa shape index (κ2) is 11.2. The Morgan fingerprint density at radius 2 is 1.98 bits per heavy atom. The van der Waals surface area contributed by atoms with E-state index < -0.39 is 42.8 Å². The van der Waals surface area contributed by atoms with Crippen molar-refractivity contribution in [3.05, 3.63) is 54.4 Å². The number of nitrogens with two attached hydrogens (primary N) is 1. The van der Waals surface area contributed by atoms with Crippen LogP contribution in [0.3, 0.4) is 0 Å². The van der Waals surface area contributed by atoms with Gasteiger partial charge in [0.05, 0.1) is 31.4 Å². The van der Waals surface area contributed by atoms with Gasteiger partial charge >= 0.3 is 6.09 Å². The molecular formula is C25H30N10O6. The van der Waals surface area contributed by atoms with Crippen molar-refractivity contribution < 1.29 is 29.2 Å². The van der Waals surface area contributed by atoms with Crippen molar-refractivity contribution in [3.8, 4) is 5.69 Å². The number of carbonyl (C=O) groups excluding carboxylic acids is 1. The van der Waals surface area contributed by atoms with Gasteiger partial charge in [-0.3, -0.25) is 15.3 Å². The number of nitrogens with zero attached hydrogens (tertiary/aromatic N) is 7. The van der Waals surface area contributed by atoms with Gasteiger partial charge in [-0.15, -0.1) is 5.10 Å². The first-order valence-corrected chi connectivity index (χ1v) is 12.6. The van der Waals surface area contributed by atoms with E-state index in [1.807, 2.05) is 0 Å². The lowest BCUT2D eigenvalue weighted by Crippen LogP contribution is -2.36. The number of carbonyl (C=O) groups is 1. The first-order chi connectivity index (χ1) is 19.5. The number of benzene rings is 1. The number of nitrogens with one attached hydrogen (secondary N) is 2. The molecule has 0 spiro atoms. The van der Waals surface area contributed by atoms with E-state index in [4.69, 9.17) is 25.4 Å². The maximum Gasteiger partial charge on any atom is 0.413 e. The Kier molecular flexibility index (Phi) is 7.63. The average molecular weight is 567 g/mol. The summed E-state index contributed by atoms with van der Waals surface area (Å²) in [6.07, 6.45) is -0.0786. The Balaban J connectivity index is 1.25. The topological polar surface area (TPSA) is 221 Å². The van der Waals surface area contributed by atoms with Crippen LogP contribution in [-0.4, -0.2) is 87.2 Å². The van der Waals surface area contributed by atoms with Gasteiger partial charge in [0.25, 0.3) is 0 Å². The van der Waals surface area contributed by atoms with E-state index in [2.05, 4.69) is 30.6 Å². The summed E-state index contributed by atoms with van der Waals surface area (Å²) < 4.78 is 20.2. The Bertz CT molecular complexity index is 1550. The van der Waals surface area contributed by atoms with E-state index in [1.54, 1.807) is 55.8 Å². The molecule has 0 radical (unpaired) electrons. The zero-order valence-corrected chi connectivity index (χ0v) is 22.5. The molecule has 6 N–H and O–H groups in total. The van der Waals surface area contributed by atoms with Gasteiger partial charge in [-0.05, 0) is 45.0 Å². The summed E-state index contributed by atoms with van der Waals surface area (Å²) in [6.45, 7) is 4.78. The third-order valence-corrected chi connectivity index (χ3v) is 6.16. The van der Waals surface area contributed by atoms with Crippen LogP contribution >= 0.6 is 0 Å². The Labute approximate surface area is 233 Å². The zero-order chi connectivity index (χ0) is 29.3. The minimum absolute atomic E-state index is 0.0218. The van der Waals surface area contributed by atoms with Crippen molar-refractivity contribution in [3.63, 3.8) is 0 Å². The number of ether oxygens (including phenoxy) is 3. The molecule has 5 rings (SSSR count). The Morgan fingerprint density at radius 1 is 1.22 bits per heavy atom. The maximum absolute atomic E-state index is 11.9. The van der Waals surface area contributed by atoms with Gasteiger partial charge in [-0.1, -0.05) is 5.21 Å². The highest BCUT2D eigenvalue weighted by atomic mass is 16.6. The number of amides is 1. The number of aliphatic hydroxyl groups excluding tert-OH is 2. The van der Waals surface area contributed by atoms with Crippen LogP contribution in [0, 0.1) is 5.41 Å². The van der Waals surface area contributed by atoms with Crippen LogP contribution in [0.4, 0.5) is 10.6 Å². The summed E-state index contributed by atoms with van der Waals surface area (Å²) in [6, 6.07) is 6.75. The number of aromatic nitrogens is 7. The molecule has 4 aromatic rings. The second-order valence-corrected chi connectivity index (χ2v) is 10.3. The van der Waals surface area contributed by atoms with Crippen molar-refractivity contribution in [2.24, 2.45) is 0 Å². The van der Waals surface area contributed by atoms with Crippen LogP contribution in [0.2, 0.25) is 0 Å². The molecule has 16 nitrogen and oxygen atoms in total. The van der Waals surface area contributed by atoms with Gasteiger partial charge in [0.15, 0.2) is 17.7 Å². The van der Waals surface area contributed by atoms with E-state index in [9.17, 15) is 15.0 Å². The fourth-order valence-electron chi connectivity index (χ4n) is 4.26. The number of aliphatic hydroxyl groups is 2. The van der Waals surface area contributed by atoms with Gasteiger partial charge < -0.3 is 30.2 Å². The van der Waals surface area contributed by atoms with Crippen LogP contribution < -0.4 is 11.1 Å². The molecule has 4 heterocycles. The molecule has 1 aromatic carbocycles. The number of hydrogen-bond donors (Lipinski definition) is 5. The van der Waals surface area contributed by atoms with E-state index >= 15 is 0 Å². The highest BCUT2D eigenvalue weighted by molar-refractivity contribution is 6.04. The van der Waals surface area contributed by atoms with Gasteiger partial charge in [0, 0.05) is 5.56 Å². The van der Waals surface area contributed by atoms with Gasteiger partial charge in [-0.2, -0.15) is 0 Å². The van der Waals surface area contributed by atoms with Crippen LogP contribution in [0.5, 0.6) is 0 Å². The zero-order valence-electron chi connectivity index (χ0n) is 22.5. The van der Waals surface area contributed by atoms with E-state index in [0.717, 1.165) is 0 Å². The van der Waals surface area contributed by atoms with Crippen LogP contribution in [0.15, 0.2) is 43.1 Å². The van der Waals surface area contributed by atoms with Crippen molar-refractivity contribution in [2.75, 3.05) is 12.3 Å².